The molecule has 2 aromatic carbocycles. The number of aryl methyl sites for hydroxylation is 1. The lowest BCUT2D eigenvalue weighted by molar-refractivity contribution is 0.627. The molecule has 0 saturated heterocycles. The van der Waals surface area contributed by atoms with E-state index >= 15 is 0 Å². The van der Waals surface area contributed by atoms with Crippen LogP contribution in [0.4, 0.5) is 10.2 Å². The van der Waals surface area contributed by atoms with Crippen LogP contribution in [0.5, 0.6) is 0 Å². The van der Waals surface area contributed by atoms with Crippen molar-refractivity contribution in [2.24, 2.45) is 0 Å². The van der Waals surface area contributed by atoms with E-state index in [1.165, 1.54) is 12.1 Å². The predicted octanol–water partition coefficient (Wildman–Crippen LogP) is 4.43. The van der Waals surface area contributed by atoms with E-state index in [1.54, 1.807) is 18.2 Å². The van der Waals surface area contributed by atoms with Crippen LogP contribution in [-0.4, -0.2) is 10.2 Å². The molecule has 0 atom stereocenters. The van der Waals surface area contributed by atoms with E-state index in [2.05, 4.69) is 10.2 Å². The van der Waals surface area contributed by atoms with E-state index in [0.29, 0.717) is 10.8 Å². The Labute approximate surface area is 126 Å². The molecule has 0 amide bonds. The van der Waals surface area contributed by atoms with Crippen molar-refractivity contribution in [3.8, 4) is 22.4 Å². The van der Waals surface area contributed by atoms with E-state index in [-0.39, 0.29) is 5.82 Å². The van der Waals surface area contributed by atoms with Gasteiger partial charge in [-0.2, -0.15) is 5.10 Å². The second kappa shape index (κ2) is 5.22. The van der Waals surface area contributed by atoms with Crippen LogP contribution >= 0.6 is 11.6 Å². The zero-order valence-electron chi connectivity index (χ0n) is 11.3. The number of halogens is 2. The molecular formula is C16H13ClFN3. The van der Waals surface area contributed by atoms with Crippen molar-refractivity contribution in [1.29, 1.82) is 0 Å². The van der Waals surface area contributed by atoms with Gasteiger partial charge in [0.15, 0.2) is 5.82 Å². The van der Waals surface area contributed by atoms with E-state index in [1.807, 2.05) is 19.1 Å². The van der Waals surface area contributed by atoms with Crippen LogP contribution in [-0.2, 0) is 0 Å². The normalized spacial score (nSPS) is 10.8. The molecule has 0 bridgehead atoms. The lowest BCUT2D eigenvalue weighted by Gasteiger charge is -2.08. The summed E-state index contributed by atoms with van der Waals surface area (Å²) in [7, 11) is 0. The highest BCUT2D eigenvalue weighted by Gasteiger charge is 2.16. The van der Waals surface area contributed by atoms with Gasteiger partial charge < -0.3 is 5.73 Å². The van der Waals surface area contributed by atoms with Gasteiger partial charge in [-0.1, -0.05) is 23.7 Å². The number of anilines is 1. The molecule has 0 aliphatic rings. The van der Waals surface area contributed by atoms with Gasteiger partial charge in [-0.3, -0.25) is 5.10 Å². The highest BCUT2D eigenvalue weighted by Crippen LogP contribution is 2.36. The summed E-state index contributed by atoms with van der Waals surface area (Å²) >= 11 is 5.92. The molecule has 3 rings (SSSR count). The topological polar surface area (TPSA) is 54.7 Å². The van der Waals surface area contributed by atoms with Gasteiger partial charge in [-0.25, -0.2) is 4.39 Å². The number of nitrogen functional groups attached to an aromatic ring is 1. The number of rotatable bonds is 2. The molecule has 0 spiro atoms. The fourth-order valence-electron chi connectivity index (χ4n) is 2.37. The Hall–Kier alpha value is -2.33. The molecule has 0 unspecified atom stereocenters. The van der Waals surface area contributed by atoms with Crippen LogP contribution in [0.3, 0.4) is 0 Å². The summed E-state index contributed by atoms with van der Waals surface area (Å²) in [6.07, 6.45) is 0. The average molecular weight is 302 g/mol. The Morgan fingerprint density at radius 1 is 1.14 bits per heavy atom. The first kappa shape index (κ1) is 13.6. The second-order valence-corrected chi connectivity index (χ2v) is 5.26. The standard InChI is InChI=1S/C16H13ClFN3/c1-9-8-12(18)6-7-13(9)15-14(16(19)21-20-15)10-2-4-11(17)5-3-10/h2-8H,1H3,(H3,19,20,21). The number of hydrogen-bond acceptors (Lipinski definition) is 2. The van der Waals surface area contributed by atoms with Crippen molar-refractivity contribution in [2.75, 3.05) is 5.73 Å². The molecule has 1 aromatic heterocycles. The highest BCUT2D eigenvalue weighted by molar-refractivity contribution is 6.30. The molecule has 0 fully saturated rings. The fourth-order valence-corrected chi connectivity index (χ4v) is 2.49. The van der Waals surface area contributed by atoms with Gasteiger partial charge in [0.1, 0.15) is 5.82 Å². The van der Waals surface area contributed by atoms with Crippen LogP contribution in [0.2, 0.25) is 5.02 Å². The van der Waals surface area contributed by atoms with Crippen LogP contribution in [0.15, 0.2) is 42.5 Å². The summed E-state index contributed by atoms with van der Waals surface area (Å²) in [4.78, 5) is 0. The summed E-state index contributed by atoms with van der Waals surface area (Å²) in [6.45, 7) is 1.85. The maximum absolute atomic E-state index is 13.3. The molecule has 3 N–H and O–H groups in total. The summed E-state index contributed by atoms with van der Waals surface area (Å²) in [6, 6.07) is 12.0. The Balaban J connectivity index is 2.19. The van der Waals surface area contributed by atoms with Gasteiger partial charge in [0.2, 0.25) is 0 Å². The lowest BCUT2D eigenvalue weighted by atomic mass is 9.98. The third-order valence-corrected chi connectivity index (χ3v) is 3.64. The van der Waals surface area contributed by atoms with Crippen LogP contribution in [0.25, 0.3) is 22.4 Å². The SMILES string of the molecule is Cc1cc(F)ccc1-c1[nH]nc(N)c1-c1ccc(Cl)cc1. The quantitative estimate of drug-likeness (QED) is 0.736. The summed E-state index contributed by atoms with van der Waals surface area (Å²) < 4.78 is 13.3. The van der Waals surface area contributed by atoms with E-state index < -0.39 is 0 Å². The first-order valence-corrected chi connectivity index (χ1v) is 6.80. The van der Waals surface area contributed by atoms with Crippen LogP contribution in [0, 0.1) is 12.7 Å². The van der Waals surface area contributed by atoms with Gasteiger partial charge >= 0.3 is 0 Å². The molecule has 3 aromatic rings. The molecule has 1 heterocycles. The minimum atomic E-state index is -0.267. The number of nitrogens with one attached hydrogen (secondary N) is 1. The molecule has 106 valence electrons. The van der Waals surface area contributed by atoms with Gasteiger partial charge in [0, 0.05) is 10.6 Å². The number of aromatic nitrogens is 2. The molecule has 0 aliphatic carbocycles. The van der Waals surface area contributed by atoms with Gasteiger partial charge in [0.25, 0.3) is 0 Å². The van der Waals surface area contributed by atoms with Gasteiger partial charge in [-0.15, -0.1) is 0 Å². The predicted molar refractivity (Wildman–Crippen MR) is 83.6 cm³/mol. The van der Waals surface area contributed by atoms with Gasteiger partial charge in [0.05, 0.1) is 11.3 Å². The largest absolute Gasteiger partial charge is 0.382 e. The summed E-state index contributed by atoms with van der Waals surface area (Å²) in [5, 5.41) is 7.67. The molecule has 5 heteroatoms. The molecule has 0 radical (unpaired) electrons. The first-order chi connectivity index (χ1) is 10.1. The Morgan fingerprint density at radius 3 is 2.52 bits per heavy atom. The van der Waals surface area contributed by atoms with Crippen molar-refractivity contribution < 1.29 is 4.39 Å². The Bertz CT molecular complexity index is 794. The first-order valence-electron chi connectivity index (χ1n) is 6.42. The van der Waals surface area contributed by atoms with Crippen LogP contribution < -0.4 is 5.73 Å². The zero-order chi connectivity index (χ0) is 15.0. The molecule has 0 saturated carbocycles. The highest BCUT2D eigenvalue weighted by atomic mass is 35.5. The number of nitrogens with zero attached hydrogens (tertiary/aromatic N) is 1. The smallest absolute Gasteiger partial charge is 0.153 e. The Kier molecular flexibility index (Phi) is 3.39. The minimum Gasteiger partial charge on any atom is -0.382 e. The Morgan fingerprint density at radius 2 is 1.86 bits per heavy atom. The third-order valence-electron chi connectivity index (χ3n) is 3.38. The van der Waals surface area contributed by atoms with Crippen molar-refractivity contribution in [3.05, 3.63) is 58.9 Å². The zero-order valence-corrected chi connectivity index (χ0v) is 12.1. The van der Waals surface area contributed by atoms with E-state index in [4.69, 9.17) is 17.3 Å². The average Bonchev–Trinajstić information content (AvgIpc) is 2.82. The fraction of sp³-hybridized carbons (Fsp3) is 0.0625. The maximum atomic E-state index is 13.3. The van der Waals surface area contributed by atoms with Crippen molar-refractivity contribution in [2.45, 2.75) is 6.92 Å². The molecular weight excluding hydrogens is 289 g/mol. The van der Waals surface area contributed by atoms with Crippen molar-refractivity contribution in [1.82, 2.24) is 10.2 Å². The number of H-pyrrole nitrogens is 1. The number of benzene rings is 2. The van der Waals surface area contributed by atoms with Crippen LogP contribution in [0.1, 0.15) is 5.56 Å². The third kappa shape index (κ3) is 2.50. The number of nitrogens with two attached hydrogens (primary N) is 1. The lowest BCUT2D eigenvalue weighted by Crippen LogP contribution is -1.90. The number of hydrogen-bond donors (Lipinski definition) is 2. The van der Waals surface area contributed by atoms with E-state index in [0.717, 1.165) is 27.9 Å². The molecule has 3 nitrogen and oxygen atoms in total. The van der Waals surface area contributed by atoms with Crippen molar-refractivity contribution in [3.63, 3.8) is 0 Å². The van der Waals surface area contributed by atoms with Crippen molar-refractivity contribution >= 4 is 17.4 Å². The summed E-state index contributed by atoms with van der Waals surface area (Å²) in [5.74, 6) is 0.132. The second-order valence-electron chi connectivity index (χ2n) is 4.82. The number of aromatic amines is 1. The molecule has 0 aliphatic heterocycles. The maximum Gasteiger partial charge on any atom is 0.153 e. The molecule has 21 heavy (non-hydrogen) atoms. The summed E-state index contributed by atoms with van der Waals surface area (Å²) in [5.41, 5.74) is 10.1. The van der Waals surface area contributed by atoms with E-state index in [9.17, 15) is 4.39 Å². The van der Waals surface area contributed by atoms with Gasteiger partial charge in [-0.05, 0) is 48.4 Å². The minimum absolute atomic E-state index is 0.267. The monoisotopic (exact) mass is 301 g/mol.